The van der Waals surface area contributed by atoms with Crippen molar-refractivity contribution in [2.24, 2.45) is 0 Å². The summed E-state index contributed by atoms with van der Waals surface area (Å²) in [6, 6.07) is 18.1. The summed E-state index contributed by atoms with van der Waals surface area (Å²) >= 11 is 3.09. The van der Waals surface area contributed by atoms with E-state index in [9.17, 15) is 4.79 Å². The molecule has 0 aliphatic carbocycles. The van der Waals surface area contributed by atoms with Gasteiger partial charge in [0.15, 0.2) is 4.34 Å². The number of rotatable bonds is 8. The predicted molar refractivity (Wildman–Crippen MR) is 109 cm³/mol. The molecule has 2 aromatic carbocycles. The molecule has 0 aliphatic rings. The number of anilines is 1. The number of nitrogens with zero attached hydrogens (tertiary/aromatic N) is 2. The number of aromatic nitrogens is 2. The van der Waals surface area contributed by atoms with E-state index in [-0.39, 0.29) is 5.91 Å². The first-order chi connectivity index (χ1) is 12.8. The van der Waals surface area contributed by atoms with Crippen molar-refractivity contribution < 1.29 is 4.79 Å². The summed E-state index contributed by atoms with van der Waals surface area (Å²) < 4.78 is 0.888. The smallest absolute Gasteiger partial charge is 0.257 e. The molecule has 0 saturated heterocycles. The van der Waals surface area contributed by atoms with Crippen molar-refractivity contribution in [2.45, 2.75) is 30.5 Å². The first kappa shape index (κ1) is 18.6. The number of aryl methyl sites for hydroxylation is 2. The van der Waals surface area contributed by atoms with Crippen LogP contribution >= 0.6 is 23.1 Å². The van der Waals surface area contributed by atoms with Gasteiger partial charge in [0.25, 0.3) is 5.91 Å². The molecule has 1 amide bonds. The number of carbonyl (C=O) groups excluding carboxylic acids is 1. The number of hydrogen-bond acceptors (Lipinski definition) is 5. The number of hydrogen-bond donors (Lipinski definition) is 1. The predicted octanol–water partition coefficient (Wildman–Crippen LogP) is 5.08. The first-order valence-corrected chi connectivity index (χ1v) is 10.5. The highest BCUT2D eigenvalue weighted by Gasteiger charge is 2.14. The van der Waals surface area contributed by atoms with Gasteiger partial charge in [0.05, 0.1) is 0 Å². The maximum atomic E-state index is 12.7. The van der Waals surface area contributed by atoms with Crippen molar-refractivity contribution in [1.29, 1.82) is 0 Å². The summed E-state index contributed by atoms with van der Waals surface area (Å²) in [5.74, 6) is 0.877. The fourth-order valence-electron chi connectivity index (χ4n) is 2.56. The van der Waals surface area contributed by atoms with Crippen LogP contribution in [0.2, 0.25) is 0 Å². The second-order valence-electron chi connectivity index (χ2n) is 5.82. The molecule has 4 nitrogen and oxygen atoms in total. The van der Waals surface area contributed by atoms with Gasteiger partial charge in [-0.3, -0.25) is 10.1 Å². The minimum absolute atomic E-state index is 0.128. The summed E-state index contributed by atoms with van der Waals surface area (Å²) in [6.07, 6.45) is 2.81. The number of carbonyl (C=O) groups is 1. The average molecular weight is 384 g/mol. The van der Waals surface area contributed by atoms with Crippen molar-refractivity contribution >= 4 is 34.1 Å². The van der Waals surface area contributed by atoms with Crippen LogP contribution in [-0.4, -0.2) is 21.9 Å². The zero-order chi connectivity index (χ0) is 18.2. The number of nitrogens with one attached hydrogen (secondary N) is 1. The van der Waals surface area contributed by atoms with Crippen LogP contribution in [0.1, 0.15) is 34.8 Å². The highest BCUT2D eigenvalue weighted by atomic mass is 32.2. The maximum absolute atomic E-state index is 12.7. The van der Waals surface area contributed by atoms with Gasteiger partial charge in [-0.15, -0.1) is 10.2 Å². The van der Waals surface area contributed by atoms with Crippen LogP contribution in [0, 0.1) is 0 Å². The van der Waals surface area contributed by atoms with E-state index in [0.717, 1.165) is 34.9 Å². The van der Waals surface area contributed by atoms with E-state index in [2.05, 4.69) is 34.6 Å². The summed E-state index contributed by atoms with van der Waals surface area (Å²) in [6.45, 7) is 2.13. The highest BCUT2D eigenvalue weighted by molar-refractivity contribution is 8.01. The Hall–Kier alpha value is -2.18. The summed E-state index contributed by atoms with van der Waals surface area (Å²) in [5.41, 5.74) is 3.00. The van der Waals surface area contributed by atoms with Crippen LogP contribution in [0.3, 0.4) is 0 Å². The average Bonchev–Trinajstić information content (AvgIpc) is 3.13. The fourth-order valence-corrected chi connectivity index (χ4v) is 4.23. The zero-order valence-corrected chi connectivity index (χ0v) is 16.3. The lowest BCUT2D eigenvalue weighted by atomic mass is 9.99. The first-order valence-electron chi connectivity index (χ1n) is 8.65. The van der Waals surface area contributed by atoms with Crippen LogP contribution in [0.15, 0.2) is 58.9 Å². The molecule has 134 valence electrons. The molecule has 0 radical (unpaired) electrons. The zero-order valence-electron chi connectivity index (χ0n) is 14.6. The van der Waals surface area contributed by atoms with Gasteiger partial charge in [0.2, 0.25) is 5.13 Å². The largest absolute Gasteiger partial charge is 0.296 e. The van der Waals surface area contributed by atoms with Crippen molar-refractivity contribution in [1.82, 2.24) is 10.2 Å². The van der Waals surface area contributed by atoms with Crippen LogP contribution in [0.5, 0.6) is 0 Å². The van der Waals surface area contributed by atoms with Crippen LogP contribution in [0.25, 0.3) is 0 Å². The molecule has 6 heteroatoms. The Bertz CT molecular complexity index is 849. The molecule has 0 spiro atoms. The van der Waals surface area contributed by atoms with Crippen LogP contribution < -0.4 is 5.32 Å². The fraction of sp³-hybridized carbons (Fsp3) is 0.250. The van der Waals surface area contributed by atoms with Gasteiger partial charge in [-0.05, 0) is 36.5 Å². The lowest BCUT2D eigenvalue weighted by molar-refractivity contribution is 0.102. The summed E-state index contributed by atoms with van der Waals surface area (Å²) in [5, 5.41) is 11.6. The molecule has 1 heterocycles. The Kier molecular flexibility index (Phi) is 6.80. The van der Waals surface area contributed by atoms with Crippen molar-refractivity contribution in [3.05, 3.63) is 71.3 Å². The van der Waals surface area contributed by atoms with Gasteiger partial charge in [-0.1, -0.05) is 78.6 Å². The van der Waals surface area contributed by atoms with Gasteiger partial charge in [-0.25, -0.2) is 0 Å². The lowest BCUT2D eigenvalue weighted by Crippen LogP contribution is -2.14. The molecule has 0 bridgehead atoms. The molecule has 0 saturated carbocycles. The molecule has 3 rings (SSSR count). The highest BCUT2D eigenvalue weighted by Crippen LogP contribution is 2.26. The minimum atomic E-state index is -0.128. The van der Waals surface area contributed by atoms with E-state index < -0.39 is 0 Å². The Morgan fingerprint density at radius 1 is 1.04 bits per heavy atom. The Labute approximate surface area is 162 Å². The third-order valence-electron chi connectivity index (χ3n) is 3.84. The summed E-state index contributed by atoms with van der Waals surface area (Å²) in [7, 11) is 0. The number of benzene rings is 2. The van der Waals surface area contributed by atoms with Crippen molar-refractivity contribution in [2.75, 3.05) is 11.1 Å². The lowest BCUT2D eigenvalue weighted by Gasteiger charge is -2.09. The Balaban J connectivity index is 1.66. The molecule has 0 aliphatic heterocycles. The van der Waals surface area contributed by atoms with E-state index in [1.165, 1.54) is 16.9 Å². The molecular formula is C20H21N3OS2. The van der Waals surface area contributed by atoms with Crippen molar-refractivity contribution in [3.8, 4) is 0 Å². The van der Waals surface area contributed by atoms with E-state index in [0.29, 0.717) is 10.7 Å². The van der Waals surface area contributed by atoms with Gasteiger partial charge >= 0.3 is 0 Å². The third-order valence-corrected chi connectivity index (χ3v) is 6.02. The molecule has 0 unspecified atom stereocenters. The molecule has 1 aromatic heterocycles. The molecular weight excluding hydrogens is 362 g/mol. The Morgan fingerprint density at radius 3 is 2.62 bits per heavy atom. The van der Waals surface area contributed by atoms with E-state index in [1.807, 2.05) is 42.5 Å². The summed E-state index contributed by atoms with van der Waals surface area (Å²) in [4.78, 5) is 12.7. The van der Waals surface area contributed by atoms with Gasteiger partial charge in [0, 0.05) is 11.3 Å². The molecule has 26 heavy (non-hydrogen) atoms. The standard InChI is InChI=1S/C20H21N3OS2/c1-2-14-25-20-23-22-19(26-20)21-18(24)17-11-7-6-10-16(17)13-12-15-8-4-3-5-9-15/h3-11H,2,12-14H2,1H3,(H,21,22,24). The molecule has 0 fully saturated rings. The van der Waals surface area contributed by atoms with Gasteiger partial charge in [0.1, 0.15) is 0 Å². The number of amides is 1. The molecule has 0 atom stereocenters. The van der Waals surface area contributed by atoms with Gasteiger partial charge in [-0.2, -0.15) is 0 Å². The van der Waals surface area contributed by atoms with Crippen molar-refractivity contribution in [3.63, 3.8) is 0 Å². The quantitative estimate of drug-likeness (QED) is 0.435. The van der Waals surface area contributed by atoms with Crippen LogP contribution in [0.4, 0.5) is 5.13 Å². The second-order valence-corrected chi connectivity index (χ2v) is 8.14. The topological polar surface area (TPSA) is 54.9 Å². The molecule has 1 N–H and O–H groups in total. The Morgan fingerprint density at radius 2 is 1.81 bits per heavy atom. The van der Waals surface area contributed by atoms with Gasteiger partial charge < -0.3 is 0 Å². The third kappa shape index (κ3) is 5.16. The van der Waals surface area contributed by atoms with E-state index in [1.54, 1.807) is 11.8 Å². The number of thioether (sulfide) groups is 1. The van der Waals surface area contributed by atoms with E-state index in [4.69, 9.17) is 0 Å². The minimum Gasteiger partial charge on any atom is -0.296 e. The maximum Gasteiger partial charge on any atom is 0.257 e. The van der Waals surface area contributed by atoms with E-state index >= 15 is 0 Å². The monoisotopic (exact) mass is 383 g/mol. The SMILES string of the molecule is CCCSc1nnc(NC(=O)c2ccccc2CCc2ccccc2)s1. The second kappa shape index (κ2) is 9.50. The van der Waals surface area contributed by atoms with Crippen LogP contribution in [-0.2, 0) is 12.8 Å². The normalized spacial score (nSPS) is 10.7. The molecule has 3 aromatic rings.